The number of hydrogen-bond acceptors (Lipinski definition) is 4. The first-order valence-corrected chi connectivity index (χ1v) is 5.51. The lowest BCUT2D eigenvalue weighted by atomic mass is 10.1. The fourth-order valence-corrected chi connectivity index (χ4v) is 2.16. The van der Waals surface area contributed by atoms with Crippen LogP contribution in [0.5, 0.6) is 0 Å². The molecular formula is C10H17N5O. The van der Waals surface area contributed by atoms with Crippen LogP contribution in [0.25, 0.3) is 0 Å². The molecular weight excluding hydrogens is 206 g/mol. The molecule has 1 heterocycles. The first-order valence-electron chi connectivity index (χ1n) is 5.51. The molecule has 1 aliphatic carbocycles. The van der Waals surface area contributed by atoms with Crippen molar-refractivity contribution in [1.29, 1.82) is 0 Å². The highest BCUT2D eigenvalue weighted by Gasteiger charge is 2.29. The van der Waals surface area contributed by atoms with Crippen molar-refractivity contribution in [1.82, 2.24) is 20.1 Å². The lowest BCUT2D eigenvalue weighted by molar-refractivity contribution is -0.134. The third-order valence-electron chi connectivity index (χ3n) is 3.05. The molecule has 1 aliphatic rings. The second-order valence-electron chi connectivity index (χ2n) is 4.40. The number of aromatic nitrogens is 3. The summed E-state index contributed by atoms with van der Waals surface area (Å²) in [5.41, 5.74) is 5.80. The molecule has 88 valence electrons. The molecule has 1 saturated carbocycles. The van der Waals surface area contributed by atoms with Crippen molar-refractivity contribution >= 4 is 5.91 Å². The molecule has 1 fully saturated rings. The first kappa shape index (κ1) is 11.1. The predicted molar refractivity (Wildman–Crippen MR) is 58.2 cm³/mol. The van der Waals surface area contributed by atoms with Gasteiger partial charge in [-0.1, -0.05) is 0 Å². The molecule has 3 N–H and O–H groups in total. The fourth-order valence-electron chi connectivity index (χ4n) is 2.16. The van der Waals surface area contributed by atoms with E-state index in [0.29, 0.717) is 12.4 Å². The van der Waals surface area contributed by atoms with Crippen molar-refractivity contribution in [3.63, 3.8) is 0 Å². The molecule has 2 unspecified atom stereocenters. The molecule has 1 amide bonds. The van der Waals surface area contributed by atoms with E-state index in [1.807, 2.05) is 0 Å². The predicted octanol–water partition coefficient (Wildman–Crippen LogP) is -0.110. The zero-order valence-electron chi connectivity index (χ0n) is 9.39. The van der Waals surface area contributed by atoms with E-state index in [0.717, 1.165) is 19.3 Å². The third kappa shape index (κ3) is 2.38. The molecule has 0 aliphatic heterocycles. The second-order valence-corrected chi connectivity index (χ2v) is 4.40. The second kappa shape index (κ2) is 4.61. The van der Waals surface area contributed by atoms with Crippen LogP contribution in [0, 0.1) is 5.92 Å². The Morgan fingerprint density at radius 1 is 1.69 bits per heavy atom. The van der Waals surface area contributed by atoms with Crippen LogP contribution in [0.1, 0.15) is 25.1 Å². The molecule has 2 rings (SSSR count). The van der Waals surface area contributed by atoms with E-state index in [-0.39, 0.29) is 17.9 Å². The SMILES string of the molecule is CN(Cc1ncn[nH]1)C(=O)C1CCC(N)C1. The third-order valence-corrected chi connectivity index (χ3v) is 3.05. The van der Waals surface area contributed by atoms with E-state index in [1.165, 1.54) is 6.33 Å². The standard InChI is InChI=1S/C10H17N5O/c1-15(5-9-12-6-13-14-9)10(16)7-2-3-8(11)4-7/h6-8H,2-5,11H2,1H3,(H,12,13,14). The van der Waals surface area contributed by atoms with Gasteiger partial charge in [-0.2, -0.15) is 5.10 Å². The van der Waals surface area contributed by atoms with Crippen molar-refractivity contribution < 1.29 is 4.79 Å². The number of carbonyl (C=O) groups is 1. The molecule has 0 spiro atoms. The van der Waals surface area contributed by atoms with Crippen molar-refractivity contribution in [2.75, 3.05) is 7.05 Å². The fraction of sp³-hybridized carbons (Fsp3) is 0.700. The average molecular weight is 223 g/mol. The van der Waals surface area contributed by atoms with Gasteiger partial charge in [0.15, 0.2) is 0 Å². The molecule has 6 nitrogen and oxygen atoms in total. The summed E-state index contributed by atoms with van der Waals surface area (Å²) < 4.78 is 0. The Morgan fingerprint density at radius 2 is 2.50 bits per heavy atom. The van der Waals surface area contributed by atoms with E-state index in [4.69, 9.17) is 5.73 Å². The lowest BCUT2D eigenvalue weighted by Gasteiger charge is -2.19. The Balaban J connectivity index is 1.89. The van der Waals surface area contributed by atoms with Gasteiger partial charge in [0, 0.05) is 19.0 Å². The van der Waals surface area contributed by atoms with Gasteiger partial charge in [0.05, 0.1) is 6.54 Å². The van der Waals surface area contributed by atoms with Gasteiger partial charge in [-0.25, -0.2) is 4.98 Å². The van der Waals surface area contributed by atoms with E-state index in [9.17, 15) is 4.79 Å². The number of amides is 1. The van der Waals surface area contributed by atoms with Crippen molar-refractivity contribution in [2.45, 2.75) is 31.8 Å². The summed E-state index contributed by atoms with van der Waals surface area (Å²) in [6.45, 7) is 0.477. The van der Waals surface area contributed by atoms with E-state index in [2.05, 4.69) is 15.2 Å². The maximum atomic E-state index is 12.0. The van der Waals surface area contributed by atoms with Crippen molar-refractivity contribution in [2.24, 2.45) is 11.7 Å². The summed E-state index contributed by atoms with van der Waals surface area (Å²) >= 11 is 0. The van der Waals surface area contributed by atoms with Crippen LogP contribution in [0.4, 0.5) is 0 Å². The Hall–Kier alpha value is -1.43. The zero-order chi connectivity index (χ0) is 11.5. The Bertz CT molecular complexity index is 350. The van der Waals surface area contributed by atoms with Crippen LogP contribution >= 0.6 is 0 Å². The van der Waals surface area contributed by atoms with Gasteiger partial charge in [0.2, 0.25) is 5.91 Å². The number of aromatic amines is 1. The summed E-state index contributed by atoms with van der Waals surface area (Å²) in [6, 6.07) is 0.188. The maximum Gasteiger partial charge on any atom is 0.225 e. The van der Waals surface area contributed by atoms with Crippen molar-refractivity contribution in [3.8, 4) is 0 Å². The van der Waals surface area contributed by atoms with Crippen LogP contribution in [0.3, 0.4) is 0 Å². The molecule has 0 bridgehead atoms. The summed E-state index contributed by atoms with van der Waals surface area (Å²) in [5.74, 6) is 0.949. The minimum atomic E-state index is 0.0860. The Kier molecular flexibility index (Phi) is 3.19. The van der Waals surface area contributed by atoms with Gasteiger partial charge >= 0.3 is 0 Å². The molecule has 1 aromatic rings. The summed E-state index contributed by atoms with van der Waals surface area (Å²) in [6.07, 6.45) is 4.10. The lowest BCUT2D eigenvalue weighted by Crippen LogP contribution is -2.32. The number of nitrogens with zero attached hydrogens (tertiary/aromatic N) is 3. The van der Waals surface area contributed by atoms with Crippen molar-refractivity contribution in [3.05, 3.63) is 12.2 Å². The smallest absolute Gasteiger partial charge is 0.225 e. The number of rotatable bonds is 3. The number of nitrogens with two attached hydrogens (primary N) is 1. The highest BCUT2D eigenvalue weighted by Crippen LogP contribution is 2.25. The molecule has 1 aromatic heterocycles. The Labute approximate surface area is 94.2 Å². The van der Waals surface area contributed by atoms with E-state index in [1.54, 1.807) is 11.9 Å². The topological polar surface area (TPSA) is 87.9 Å². The average Bonchev–Trinajstić information content (AvgIpc) is 2.88. The molecule has 6 heteroatoms. The van der Waals surface area contributed by atoms with Gasteiger partial charge in [-0.15, -0.1) is 0 Å². The van der Waals surface area contributed by atoms with Gasteiger partial charge in [-0.05, 0) is 19.3 Å². The summed E-state index contributed by atoms with van der Waals surface area (Å²) in [4.78, 5) is 17.7. The Morgan fingerprint density at radius 3 is 3.06 bits per heavy atom. The highest BCUT2D eigenvalue weighted by atomic mass is 16.2. The van der Waals surface area contributed by atoms with Crippen LogP contribution in [0.2, 0.25) is 0 Å². The van der Waals surface area contributed by atoms with Gasteiger partial charge in [0.1, 0.15) is 12.2 Å². The normalized spacial score (nSPS) is 24.6. The van der Waals surface area contributed by atoms with Crippen LogP contribution in [0.15, 0.2) is 6.33 Å². The van der Waals surface area contributed by atoms with E-state index < -0.39 is 0 Å². The molecule has 16 heavy (non-hydrogen) atoms. The zero-order valence-corrected chi connectivity index (χ0v) is 9.39. The number of H-pyrrole nitrogens is 1. The largest absolute Gasteiger partial charge is 0.338 e. The molecule has 2 atom stereocenters. The molecule has 0 aromatic carbocycles. The number of hydrogen-bond donors (Lipinski definition) is 2. The van der Waals surface area contributed by atoms with Gasteiger partial charge < -0.3 is 10.6 Å². The maximum absolute atomic E-state index is 12.0. The van der Waals surface area contributed by atoms with Gasteiger partial charge in [0.25, 0.3) is 0 Å². The minimum absolute atomic E-state index is 0.0860. The van der Waals surface area contributed by atoms with Gasteiger partial charge in [-0.3, -0.25) is 9.89 Å². The van der Waals surface area contributed by atoms with Crippen LogP contribution in [-0.4, -0.2) is 39.1 Å². The number of carbonyl (C=O) groups excluding carboxylic acids is 1. The van der Waals surface area contributed by atoms with Crippen LogP contribution < -0.4 is 5.73 Å². The monoisotopic (exact) mass is 223 g/mol. The van der Waals surface area contributed by atoms with Crippen LogP contribution in [-0.2, 0) is 11.3 Å². The summed E-state index contributed by atoms with van der Waals surface area (Å²) in [7, 11) is 1.79. The van der Waals surface area contributed by atoms with E-state index >= 15 is 0 Å². The summed E-state index contributed by atoms with van der Waals surface area (Å²) in [5, 5.41) is 6.49. The molecule has 0 radical (unpaired) electrons. The highest BCUT2D eigenvalue weighted by molar-refractivity contribution is 5.78. The minimum Gasteiger partial charge on any atom is -0.338 e. The quantitative estimate of drug-likeness (QED) is 0.748. The first-order chi connectivity index (χ1) is 7.66. The molecule has 0 saturated heterocycles. The number of nitrogens with one attached hydrogen (secondary N) is 1.